The van der Waals surface area contributed by atoms with Gasteiger partial charge in [0.05, 0.1) is 0 Å². The number of benzene rings is 1. The van der Waals surface area contributed by atoms with Crippen molar-refractivity contribution >= 4 is 27.7 Å². The third-order valence-corrected chi connectivity index (χ3v) is 2.65. The number of nitrogens with one attached hydrogen (secondary N) is 1. The number of anilines is 1. The van der Waals surface area contributed by atoms with Gasteiger partial charge in [0.1, 0.15) is 0 Å². The Morgan fingerprint density at radius 3 is 2.59 bits per heavy atom. The Balaban J connectivity index is 2.17. The Bertz CT molecular complexity index is 540. The zero-order chi connectivity index (χ0) is 12.3. The second-order valence-electron chi connectivity index (χ2n) is 3.33. The molecule has 0 saturated carbocycles. The van der Waals surface area contributed by atoms with E-state index in [1.165, 1.54) is 12.3 Å². The molecule has 0 aliphatic carbocycles. The van der Waals surface area contributed by atoms with Crippen LogP contribution in [0.5, 0.6) is 5.75 Å². The van der Waals surface area contributed by atoms with E-state index >= 15 is 0 Å². The van der Waals surface area contributed by atoms with Crippen molar-refractivity contribution in [3.05, 3.63) is 52.6 Å². The van der Waals surface area contributed by atoms with E-state index in [1.807, 2.05) is 0 Å². The molecule has 86 valence electrons. The number of aromatic nitrogens is 1. The largest absolute Gasteiger partial charge is 0.504 e. The third-order valence-electron chi connectivity index (χ3n) is 2.12. The van der Waals surface area contributed by atoms with Crippen LogP contribution in [-0.4, -0.2) is 16.0 Å². The van der Waals surface area contributed by atoms with Gasteiger partial charge in [-0.3, -0.25) is 4.79 Å². The molecule has 0 spiro atoms. The number of rotatable bonds is 2. The summed E-state index contributed by atoms with van der Waals surface area (Å²) in [5, 5.41) is 12.0. The van der Waals surface area contributed by atoms with Crippen molar-refractivity contribution < 1.29 is 9.90 Å². The zero-order valence-corrected chi connectivity index (χ0v) is 10.3. The van der Waals surface area contributed by atoms with Gasteiger partial charge in [0.2, 0.25) is 0 Å². The van der Waals surface area contributed by atoms with Crippen LogP contribution in [-0.2, 0) is 0 Å². The maximum Gasteiger partial charge on any atom is 0.256 e. The monoisotopic (exact) mass is 292 g/mol. The van der Waals surface area contributed by atoms with Gasteiger partial charge in [0, 0.05) is 16.2 Å². The van der Waals surface area contributed by atoms with Gasteiger partial charge in [0.15, 0.2) is 11.6 Å². The van der Waals surface area contributed by atoms with Gasteiger partial charge in [-0.2, -0.15) is 0 Å². The average molecular weight is 293 g/mol. The van der Waals surface area contributed by atoms with Crippen molar-refractivity contribution in [1.82, 2.24) is 4.98 Å². The molecule has 2 N–H and O–H groups in total. The average Bonchev–Trinajstić information content (AvgIpc) is 2.33. The lowest BCUT2D eigenvalue weighted by molar-refractivity contribution is 0.102. The summed E-state index contributed by atoms with van der Waals surface area (Å²) in [6, 6.07) is 9.95. The van der Waals surface area contributed by atoms with Gasteiger partial charge in [-0.25, -0.2) is 4.98 Å². The molecule has 1 aromatic heterocycles. The van der Waals surface area contributed by atoms with Gasteiger partial charge in [-0.15, -0.1) is 0 Å². The van der Waals surface area contributed by atoms with Gasteiger partial charge >= 0.3 is 0 Å². The zero-order valence-electron chi connectivity index (χ0n) is 8.72. The lowest BCUT2D eigenvalue weighted by atomic mass is 10.2. The van der Waals surface area contributed by atoms with Crippen molar-refractivity contribution in [1.29, 1.82) is 0 Å². The molecular weight excluding hydrogens is 284 g/mol. The van der Waals surface area contributed by atoms with E-state index in [4.69, 9.17) is 0 Å². The number of carbonyl (C=O) groups is 1. The van der Waals surface area contributed by atoms with E-state index in [-0.39, 0.29) is 17.5 Å². The molecule has 0 radical (unpaired) electrons. The predicted molar refractivity (Wildman–Crippen MR) is 68.0 cm³/mol. The fourth-order valence-electron chi connectivity index (χ4n) is 1.27. The molecule has 0 unspecified atom stereocenters. The summed E-state index contributed by atoms with van der Waals surface area (Å²) >= 11 is 3.29. The van der Waals surface area contributed by atoms with Crippen molar-refractivity contribution in [2.75, 3.05) is 5.32 Å². The summed E-state index contributed by atoms with van der Waals surface area (Å²) in [4.78, 5) is 15.7. The van der Waals surface area contributed by atoms with E-state index in [2.05, 4.69) is 26.2 Å². The summed E-state index contributed by atoms with van der Waals surface area (Å²) in [7, 11) is 0. The maximum absolute atomic E-state index is 11.8. The van der Waals surface area contributed by atoms with E-state index < -0.39 is 0 Å². The Morgan fingerprint density at radius 2 is 1.94 bits per heavy atom. The molecular formula is C12H9BrN2O2. The quantitative estimate of drug-likeness (QED) is 0.895. The van der Waals surface area contributed by atoms with Crippen LogP contribution in [0.25, 0.3) is 0 Å². The molecule has 0 aliphatic heterocycles. The molecule has 1 amide bonds. The van der Waals surface area contributed by atoms with Crippen molar-refractivity contribution in [2.24, 2.45) is 0 Å². The van der Waals surface area contributed by atoms with E-state index in [0.717, 1.165) is 4.47 Å². The van der Waals surface area contributed by atoms with Gasteiger partial charge in [0.25, 0.3) is 5.91 Å². The molecule has 2 rings (SSSR count). The van der Waals surface area contributed by atoms with Gasteiger partial charge < -0.3 is 10.4 Å². The standard InChI is InChI=1S/C12H9BrN2O2/c13-9-5-3-8(4-6-9)12(17)15-11-10(16)2-1-7-14-11/h1-7,16H,(H,14,15,17). The molecule has 17 heavy (non-hydrogen) atoms. The van der Waals surface area contributed by atoms with E-state index in [0.29, 0.717) is 5.56 Å². The number of hydrogen-bond acceptors (Lipinski definition) is 3. The molecule has 0 atom stereocenters. The minimum absolute atomic E-state index is 0.0574. The van der Waals surface area contributed by atoms with Crippen LogP contribution >= 0.6 is 15.9 Å². The first-order chi connectivity index (χ1) is 8.16. The molecule has 0 fully saturated rings. The molecule has 4 nitrogen and oxygen atoms in total. The molecule has 1 aromatic carbocycles. The first-order valence-electron chi connectivity index (χ1n) is 4.88. The summed E-state index contributed by atoms with van der Waals surface area (Å²) in [5.74, 6) is -0.218. The Hall–Kier alpha value is -1.88. The van der Waals surface area contributed by atoms with Gasteiger partial charge in [-0.05, 0) is 36.4 Å². The van der Waals surface area contributed by atoms with Crippen molar-refractivity contribution in [3.63, 3.8) is 0 Å². The number of hydrogen-bond donors (Lipinski definition) is 2. The topological polar surface area (TPSA) is 62.2 Å². The van der Waals surface area contributed by atoms with E-state index in [9.17, 15) is 9.90 Å². The molecule has 5 heteroatoms. The lowest BCUT2D eigenvalue weighted by Gasteiger charge is -2.05. The highest BCUT2D eigenvalue weighted by Gasteiger charge is 2.08. The third kappa shape index (κ3) is 2.82. The maximum atomic E-state index is 11.8. The van der Waals surface area contributed by atoms with Crippen LogP contribution in [0.4, 0.5) is 5.82 Å². The molecule has 2 aromatic rings. The summed E-state index contributed by atoms with van der Waals surface area (Å²) in [5.41, 5.74) is 0.498. The SMILES string of the molecule is O=C(Nc1ncccc1O)c1ccc(Br)cc1. The van der Waals surface area contributed by atoms with E-state index in [1.54, 1.807) is 30.3 Å². The van der Waals surface area contributed by atoms with Crippen molar-refractivity contribution in [2.45, 2.75) is 0 Å². The highest BCUT2D eigenvalue weighted by atomic mass is 79.9. The number of aromatic hydroxyl groups is 1. The second-order valence-corrected chi connectivity index (χ2v) is 4.25. The Labute approximate surface area is 106 Å². The fourth-order valence-corrected chi connectivity index (χ4v) is 1.54. The molecule has 0 bridgehead atoms. The fraction of sp³-hybridized carbons (Fsp3) is 0. The summed E-state index contributed by atoms with van der Waals surface area (Å²) in [6.45, 7) is 0. The molecule has 0 aliphatic rings. The molecule has 1 heterocycles. The Morgan fingerprint density at radius 1 is 1.24 bits per heavy atom. The number of halogens is 1. The van der Waals surface area contributed by atoms with Crippen LogP contribution in [0.3, 0.4) is 0 Å². The Kier molecular flexibility index (Phi) is 3.39. The van der Waals surface area contributed by atoms with Crippen LogP contribution in [0.15, 0.2) is 47.1 Å². The second kappa shape index (κ2) is 4.97. The van der Waals surface area contributed by atoms with Crippen molar-refractivity contribution in [3.8, 4) is 5.75 Å². The van der Waals surface area contributed by atoms with Crippen LogP contribution < -0.4 is 5.32 Å². The minimum Gasteiger partial charge on any atom is -0.504 e. The summed E-state index contributed by atoms with van der Waals surface area (Å²) in [6.07, 6.45) is 1.50. The van der Waals surface area contributed by atoms with Gasteiger partial charge in [-0.1, -0.05) is 15.9 Å². The number of pyridine rings is 1. The van der Waals surface area contributed by atoms with Crippen LogP contribution in [0, 0.1) is 0 Å². The minimum atomic E-state index is -0.313. The van der Waals surface area contributed by atoms with Crippen LogP contribution in [0.1, 0.15) is 10.4 Å². The smallest absolute Gasteiger partial charge is 0.256 e. The number of nitrogens with zero attached hydrogens (tertiary/aromatic N) is 1. The summed E-state index contributed by atoms with van der Waals surface area (Å²) < 4.78 is 0.898. The molecule has 0 saturated heterocycles. The first kappa shape index (κ1) is 11.6. The number of amides is 1. The lowest BCUT2D eigenvalue weighted by Crippen LogP contribution is -2.12. The first-order valence-corrected chi connectivity index (χ1v) is 5.67. The number of carbonyl (C=O) groups excluding carboxylic acids is 1. The highest BCUT2D eigenvalue weighted by Crippen LogP contribution is 2.19. The van der Waals surface area contributed by atoms with Crippen LogP contribution in [0.2, 0.25) is 0 Å². The highest BCUT2D eigenvalue weighted by molar-refractivity contribution is 9.10. The normalized spacial score (nSPS) is 9.94. The predicted octanol–water partition coefficient (Wildman–Crippen LogP) is 2.80.